The van der Waals surface area contributed by atoms with Gasteiger partial charge >= 0.3 is 5.97 Å². The summed E-state index contributed by atoms with van der Waals surface area (Å²) in [5, 5.41) is 2.65. The van der Waals surface area contributed by atoms with Crippen molar-refractivity contribution in [2.75, 3.05) is 20.8 Å². The first-order chi connectivity index (χ1) is 5.26. The third-order valence-electron chi connectivity index (χ3n) is 1.00. The SMILES string of the molecule is CCOC(=O)/C(=C/OC)NC. The van der Waals surface area contributed by atoms with E-state index in [0.29, 0.717) is 12.3 Å². The van der Waals surface area contributed by atoms with E-state index in [9.17, 15) is 4.79 Å². The Morgan fingerprint density at radius 2 is 2.27 bits per heavy atom. The Hall–Kier alpha value is -1.19. The summed E-state index contributed by atoms with van der Waals surface area (Å²) in [7, 11) is 3.10. The van der Waals surface area contributed by atoms with E-state index >= 15 is 0 Å². The van der Waals surface area contributed by atoms with Crippen LogP contribution in [-0.4, -0.2) is 26.7 Å². The first-order valence-corrected chi connectivity index (χ1v) is 3.34. The van der Waals surface area contributed by atoms with Gasteiger partial charge in [-0.05, 0) is 6.92 Å². The van der Waals surface area contributed by atoms with Crippen molar-refractivity contribution >= 4 is 5.97 Å². The van der Waals surface area contributed by atoms with Gasteiger partial charge in [0.1, 0.15) is 6.26 Å². The van der Waals surface area contributed by atoms with Crippen molar-refractivity contribution in [3.05, 3.63) is 12.0 Å². The van der Waals surface area contributed by atoms with Crippen LogP contribution in [0.5, 0.6) is 0 Å². The van der Waals surface area contributed by atoms with Gasteiger partial charge in [0, 0.05) is 7.05 Å². The normalized spacial score (nSPS) is 10.6. The van der Waals surface area contributed by atoms with Gasteiger partial charge in [-0.25, -0.2) is 4.79 Å². The van der Waals surface area contributed by atoms with Gasteiger partial charge in [-0.3, -0.25) is 0 Å². The second-order valence-electron chi connectivity index (χ2n) is 1.74. The maximum Gasteiger partial charge on any atom is 0.357 e. The number of likely N-dealkylation sites (N-methyl/N-ethyl adjacent to an activating group) is 1. The van der Waals surface area contributed by atoms with Crippen LogP contribution in [-0.2, 0) is 14.3 Å². The molecule has 0 fully saturated rings. The monoisotopic (exact) mass is 159 g/mol. The molecule has 0 radical (unpaired) electrons. The zero-order valence-electron chi connectivity index (χ0n) is 7.01. The highest BCUT2D eigenvalue weighted by molar-refractivity contribution is 5.87. The minimum absolute atomic E-state index is 0.314. The number of hydrogen-bond donors (Lipinski definition) is 1. The minimum Gasteiger partial charge on any atom is -0.502 e. The van der Waals surface area contributed by atoms with E-state index in [1.54, 1.807) is 14.0 Å². The van der Waals surface area contributed by atoms with Gasteiger partial charge in [0.05, 0.1) is 13.7 Å². The van der Waals surface area contributed by atoms with Crippen LogP contribution in [0, 0.1) is 0 Å². The highest BCUT2D eigenvalue weighted by atomic mass is 16.5. The van der Waals surface area contributed by atoms with Gasteiger partial charge in [0.25, 0.3) is 0 Å². The Kier molecular flexibility index (Phi) is 4.98. The topological polar surface area (TPSA) is 47.6 Å². The van der Waals surface area contributed by atoms with E-state index in [1.165, 1.54) is 13.4 Å². The summed E-state index contributed by atoms with van der Waals surface area (Å²) in [5.74, 6) is -0.406. The molecule has 64 valence electrons. The zero-order chi connectivity index (χ0) is 8.69. The van der Waals surface area contributed by atoms with Crippen molar-refractivity contribution in [2.24, 2.45) is 0 Å². The Morgan fingerprint density at radius 3 is 2.64 bits per heavy atom. The Labute approximate surface area is 66.2 Å². The summed E-state index contributed by atoms with van der Waals surface area (Å²) in [5.41, 5.74) is 0.314. The molecule has 0 saturated carbocycles. The van der Waals surface area contributed by atoms with Crippen molar-refractivity contribution in [3.63, 3.8) is 0 Å². The molecule has 0 aromatic rings. The molecule has 4 heteroatoms. The van der Waals surface area contributed by atoms with Crippen LogP contribution in [0.4, 0.5) is 0 Å². The van der Waals surface area contributed by atoms with Gasteiger partial charge in [0.2, 0.25) is 0 Å². The van der Waals surface area contributed by atoms with Gasteiger partial charge in [-0.1, -0.05) is 0 Å². The molecule has 0 bridgehead atoms. The molecule has 0 heterocycles. The average Bonchev–Trinajstić information content (AvgIpc) is 2.00. The maximum absolute atomic E-state index is 10.9. The van der Waals surface area contributed by atoms with Gasteiger partial charge in [-0.15, -0.1) is 0 Å². The number of carbonyl (C=O) groups excluding carboxylic acids is 1. The highest BCUT2D eigenvalue weighted by Gasteiger charge is 2.07. The van der Waals surface area contributed by atoms with E-state index in [4.69, 9.17) is 4.74 Å². The fourth-order valence-electron chi connectivity index (χ4n) is 0.536. The lowest BCUT2D eigenvalue weighted by Gasteiger charge is -2.04. The van der Waals surface area contributed by atoms with Gasteiger partial charge in [-0.2, -0.15) is 0 Å². The Bertz CT molecular complexity index is 154. The molecule has 0 amide bonds. The van der Waals surface area contributed by atoms with Crippen molar-refractivity contribution in [3.8, 4) is 0 Å². The summed E-state index contributed by atoms with van der Waals surface area (Å²) in [6.45, 7) is 2.11. The number of methoxy groups -OCH3 is 1. The first-order valence-electron chi connectivity index (χ1n) is 3.34. The van der Waals surface area contributed by atoms with Crippen LogP contribution in [0.1, 0.15) is 6.92 Å². The first kappa shape index (κ1) is 9.81. The quantitative estimate of drug-likeness (QED) is 0.363. The molecule has 0 aromatic carbocycles. The zero-order valence-corrected chi connectivity index (χ0v) is 7.01. The van der Waals surface area contributed by atoms with E-state index in [0.717, 1.165) is 0 Å². The molecule has 0 aliphatic rings. The van der Waals surface area contributed by atoms with Crippen molar-refractivity contribution in [2.45, 2.75) is 6.92 Å². The molecular formula is C7H13NO3. The van der Waals surface area contributed by atoms with Crippen molar-refractivity contribution in [1.82, 2.24) is 5.32 Å². The largest absolute Gasteiger partial charge is 0.502 e. The fourth-order valence-corrected chi connectivity index (χ4v) is 0.536. The highest BCUT2D eigenvalue weighted by Crippen LogP contribution is 1.92. The lowest BCUT2D eigenvalue weighted by atomic mass is 10.5. The summed E-state index contributed by atoms with van der Waals surface area (Å²) in [6, 6.07) is 0. The third kappa shape index (κ3) is 3.50. The van der Waals surface area contributed by atoms with Gasteiger partial charge in [0.15, 0.2) is 5.70 Å². The predicted molar refractivity (Wildman–Crippen MR) is 40.8 cm³/mol. The smallest absolute Gasteiger partial charge is 0.357 e. The van der Waals surface area contributed by atoms with Crippen molar-refractivity contribution < 1.29 is 14.3 Å². The molecule has 0 atom stereocenters. The number of ether oxygens (including phenoxy) is 2. The third-order valence-corrected chi connectivity index (χ3v) is 1.00. The summed E-state index contributed by atoms with van der Waals surface area (Å²) < 4.78 is 9.33. The lowest BCUT2D eigenvalue weighted by molar-refractivity contribution is -0.139. The van der Waals surface area contributed by atoms with E-state index in [1.807, 2.05) is 0 Å². The van der Waals surface area contributed by atoms with Crippen LogP contribution in [0.2, 0.25) is 0 Å². The predicted octanol–water partition coefficient (Wildman–Crippen LogP) is 0.257. The fraction of sp³-hybridized carbons (Fsp3) is 0.571. The number of esters is 1. The summed E-state index contributed by atoms with van der Waals surface area (Å²) >= 11 is 0. The Morgan fingerprint density at radius 1 is 1.64 bits per heavy atom. The van der Waals surface area contributed by atoms with E-state index in [2.05, 4.69) is 10.1 Å². The lowest BCUT2D eigenvalue weighted by Crippen LogP contribution is -2.18. The molecule has 0 aliphatic heterocycles. The number of rotatable bonds is 4. The molecule has 11 heavy (non-hydrogen) atoms. The second-order valence-corrected chi connectivity index (χ2v) is 1.74. The average molecular weight is 159 g/mol. The molecule has 4 nitrogen and oxygen atoms in total. The molecule has 0 saturated heterocycles. The minimum atomic E-state index is -0.406. The van der Waals surface area contributed by atoms with Gasteiger partial charge < -0.3 is 14.8 Å². The number of nitrogens with one attached hydrogen (secondary N) is 1. The van der Waals surface area contributed by atoms with E-state index in [-0.39, 0.29) is 0 Å². The van der Waals surface area contributed by atoms with Crippen LogP contribution < -0.4 is 5.32 Å². The summed E-state index contributed by atoms with van der Waals surface area (Å²) in [6.07, 6.45) is 1.30. The van der Waals surface area contributed by atoms with Crippen LogP contribution in [0.25, 0.3) is 0 Å². The molecule has 0 unspecified atom stereocenters. The van der Waals surface area contributed by atoms with Crippen molar-refractivity contribution in [1.29, 1.82) is 0 Å². The number of hydrogen-bond acceptors (Lipinski definition) is 4. The van der Waals surface area contributed by atoms with Crippen LogP contribution in [0.3, 0.4) is 0 Å². The van der Waals surface area contributed by atoms with Crippen LogP contribution >= 0.6 is 0 Å². The standard InChI is InChI=1S/C7H13NO3/c1-4-11-7(9)6(8-2)5-10-3/h5,8H,4H2,1-3H3/b6-5-. The summed E-state index contributed by atoms with van der Waals surface area (Å²) in [4.78, 5) is 10.9. The molecule has 0 aliphatic carbocycles. The molecule has 0 aromatic heterocycles. The van der Waals surface area contributed by atoms with E-state index < -0.39 is 5.97 Å². The molecular weight excluding hydrogens is 146 g/mol. The van der Waals surface area contributed by atoms with Crippen LogP contribution in [0.15, 0.2) is 12.0 Å². The number of carbonyl (C=O) groups is 1. The second kappa shape index (κ2) is 5.58. The molecule has 0 spiro atoms. The Balaban J connectivity index is 4.03. The maximum atomic E-state index is 10.9. The molecule has 0 rings (SSSR count). The molecule has 1 N–H and O–H groups in total.